The summed E-state index contributed by atoms with van der Waals surface area (Å²) >= 11 is 0.761. The van der Waals surface area contributed by atoms with Gasteiger partial charge in [-0.2, -0.15) is 13.2 Å². The van der Waals surface area contributed by atoms with E-state index in [1.807, 2.05) is 0 Å². The molecule has 2 bridgehead atoms. The van der Waals surface area contributed by atoms with E-state index < -0.39 is 42.1 Å². The first-order valence-electron chi connectivity index (χ1n) is 12.9. The third kappa shape index (κ3) is 5.45. The minimum atomic E-state index is -4.61. The van der Waals surface area contributed by atoms with E-state index in [1.54, 1.807) is 4.90 Å². The van der Waals surface area contributed by atoms with Gasteiger partial charge in [0, 0.05) is 35.4 Å². The Morgan fingerprint density at radius 3 is 2.36 bits per heavy atom. The number of aliphatic hydroxyl groups excluding tert-OH is 1. The van der Waals surface area contributed by atoms with Crippen molar-refractivity contribution in [2.24, 2.45) is 0 Å². The van der Waals surface area contributed by atoms with Gasteiger partial charge in [-0.05, 0) is 51.0 Å². The summed E-state index contributed by atoms with van der Waals surface area (Å²) < 4.78 is 68.2. The number of carbonyl (C=O) groups excluding carboxylic acids is 2. The number of carbonyl (C=O) groups is 2. The van der Waals surface area contributed by atoms with Crippen LogP contribution in [0.25, 0.3) is 10.4 Å². The number of hydrogen-bond donors (Lipinski definition) is 3. The zero-order valence-corrected chi connectivity index (χ0v) is 21.8. The molecule has 0 unspecified atom stereocenters. The minimum absolute atomic E-state index is 0.0124. The van der Waals surface area contributed by atoms with E-state index in [0.29, 0.717) is 12.8 Å². The number of anilines is 1. The standard InChI is InChI=1S/C25H28F5N5O3S/c1-2-17(25(28,29)30)33-18-9-15(21(26)27)16(10-31-18)20-19(24(38)35-12-3-4-13(35)6-5-12)34-23(39-20)22(37)32-11-7-14(36)8-11/h9-14,17,21,36H,2-8H2,1H3,(H,31,33)(H,32,37)/t11-,12?,13?,14-,17-/m0/s1. The van der Waals surface area contributed by atoms with Gasteiger partial charge in [0.15, 0.2) is 5.01 Å². The summed E-state index contributed by atoms with van der Waals surface area (Å²) in [7, 11) is 0. The van der Waals surface area contributed by atoms with Crippen molar-refractivity contribution in [3.63, 3.8) is 0 Å². The molecule has 1 aliphatic carbocycles. The Morgan fingerprint density at radius 1 is 1.18 bits per heavy atom. The van der Waals surface area contributed by atoms with Gasteiger partial charge in [0.1, 0.15) is 17.6 Å². The molecule has 2 amide bonds. The number of amides is 2. The summed E-state index contributed by atoms with van der Waals surface area (Å²) in [6.07, 6.45) is -3.49. The van der Waals surface area contributed by atoms with E-state index >= 15 is 0 Å². The molecular weight excluding hydrogens is 545 g/mol. The van der Waals surface area contributed by atoms with Gasteiger partial charge in [0.05, 0.1) is 11.0 Å². The quantitative estimate of drug-likeness (QED) is 0.388. The monoisotopic (exact) mass is 573 g/mol. The molecule has 1 saturated carbocycles. The van der Waals surface area contributed by atoms with E-state index in [9.17, 15) is 36.6 Å². The third-order valence-corrected chi connectivity index (χ3v) is 8.79. The number of thiazole rings is 1. The second kappa shape index (κ2) is 10.6. The van der Waals surface area contributed by atoms with Crippen LogP contribution in [0.2, 0.25) is 0 Å². The lowest BCUT2D eigenvalue weighted by Crippen LogP contribution is -2.46. The fourth-order valence-electron chi connectivity index (χ4n) is 5.58. The number of alkyl halides is 5. The molecule has 0 spiro atoms. The van der Waals surface area contributed by atoms with Crippen LogP contribution in [0.1, 0.15) is 84.1 Å². The lowest BCUT2D eigenvalue weighted by atomic mass is 9.89. The molecule has 3 N–H and O–H groups in total. The number of aliphatic hydroxyl groups is 1. The van der Waals surface area contributed by atoms with Crippen LogP contribution in [0.5, 0.6) is 0 Å². The van der Waals surface area contributed by atoms with E-state index in [-0.39, 0.29) is 51.5 Å². The summed E-state index contributed by atoms with van der Waals surface area (Å²) in [5.74, 6) is -1.44. The van der Waals surface area contributed by atoms with Crippen LogP contribution in [0.4, 0.5) is 27.8 Å². The molecule has 3 aliphatic rings. The van der Waals surface area contributed by atoms with Gasteiger partial charge < -0.3 is 20.6 Å². The molecule has 0 radical (unpaired) electrons. The topological polar surface area (TPSA) is 107 Å². The van der Waals surface area contributed by atoms with E-state index in [4.69, 9.17) is 0 Å². The number of fused-ring (bicyclic) bond motifs is 2. The number of halogens is 5. The maximum Gasteiger partial charge on any atom is 0.408 e. The smallest absolute Gasteiger partial charge is 0.393 e. The normalized spacial score (nSPS) is 25.1. The van der Waals surface area contributed by atoms with Crippen LogP contribution in [0, 0.1) is 0 Å². The average Bonchev–Trinajstić information content (AvgIpc) is 3.59. The maximum atomic E-state index is 14.2. The van der Waals surface area contributed by atoms with Gasteiger partial charge >= 0.3 is 6.18 Å². The fraction of sp³-hybridized carbons (Fsp3) is 0.600. The van der Waals surface area contributed by atoms with Gasteiger partial charge in [-0.25, -0.2) is 18.7 Å². The average molecular weight is 574 g/mol. The highest BCUT2D eigenvalue weighted by Crippen LogP contribution is 2.42. The Hall–Kier alpha value is -2.87. The van der Waals surface area contributed by atoms with Crippen molar-refractivity contribution < 1.29 is 36.6 Å². The molecule has 39 heavy (non-hydrogen) atoms. The van der Waals surface area contributed by atoms with Crippen LogP contribution < -0.4 is 10.6 Å². The number of pyridine rings is 1. The zero-order chi connectivity index (χ0) is 28.1. The molecule has 2 aliphatic heterocycles. The Balaban J connectivity index is 1.52. The molecule has 2 aromatic heterocycles. The molecular formula is C25H28F5N5O3S. The summed E-state index contributed by atoms with van der Waals surface area (Å²) in [6.45, 7) is 1.31. The first-order chi connectivity index (χ1) is 18.5. The third-order valence-electron chi connectivity index (χ3n) is 7.70. The van der Waals surface area contributed by atoms with Gasteiger partial charge in [0.2, 0.25) is 0 Å². The van der Waals surface area contributed by atoms with Crippen LogP contribution in [-0.4, -0.2) is 68.2 Å². The molecule has 3 fully saturated rings. The molecule has 2 aromatic rings. The summed E-state index contributed by atoms with van der Waals surface area (Å²) in [6, 6.07) is -1.38. The van der Waals surface area contributed by atoms with E-state index in [2.05, 4.69) is 20.6 Å². The van der Waals surface area contributed by atoms with Crippen LogP contribution in [0.15, 0.2) is 12.3 Å². The molecule has 14 heteroatoms. The largest absolute Gasteiger partial charge is 0.408 e. The van der Waals surface area contributed by atoms with Crippen LogP contribution in [-0.2, 0) is 0 Å². The van der Waals surface area contributed by atoms with Crippen molar-refractivity contribution in [1.29, 1.82) is 0 Å². The minimum Gasteiger partial charge on any atom is -0.393 e. The summed E-state index contributed by atoms with van der Waals surface area (Å²) in [5, 5.41) is 14.3. The lowest BCUT2D eigenvalue weighted by molar-refractivity contribution is -0.142. The fourth-order valence-corrected chi connectivity index (χ4v) is 6.57. The molecule has 4 heterocycles. The number of rotatable bonds is 8. The van der Waals surface area contributed by atoms with Crippen LogP contribution in [0.3, 0.4) is 0 Å². The van der Waals surface area contributed by atoms with Crippen molar-refractivity contribution in [1.82, 2.24) is 20.2 Å². The summed E-state index contributed by atoms with van der Waals surface area (Å²) in [4.78, 5) is 36.6. The van der Waals surface area contributed by atoms with E-state index in [1.165, 1.54) is 6.92 Å². The molecule has 8 nitrogen and oxygen atoms in total. The Bertz CT molecular complexity index is 1230. The highest BCUT2D eigenvalue weighted by molar-refractivity contribution is 7.17. The lowest BCUT2D eigenvalue weighted by Gasteiger charge is -2.31. The second-order valence-corrected chi connectivity index (χ2v) is 11.3. The van der Waals surface area contributed by atoms with Crippen molar-refractivity contribution in [3.8, 4) is 10.4 Å². The maximum absolute atomic E-state index is 14.2. The van der Waals surface area contributed by atoms with Gasteiger partial charge in [-0.3, -0.25) is 9.59 Å². The SMILES string of the molecule is CC[C@H](Nc1cc(C(F)F)c(-c2sc(C(=O)N[C@H]3C[C@H](O)C3)nc2C(=O)N2C3CCC2CC3)cn1)C(F)(F)F. The molecule has 2 saturated heterocycles. The second-order valence-electron chi connectivity index (χ2n) is 10.3. The Labute approximate surface area is 225 Å². The molecule has 5 rings (SSSR count). The predicted molar refractivity (Wildman–Crippen MR) is 133 cm³/mol. The molecule has 1 atom stereocenters. The van der Waals surface area contributed by atoms with Crippen LogP contribution >= 0.6 is 11.3 Å². The van der Waals surface area contributed by atoms with Crippen molar-refractivity contribution >= 4 is 29.0 Å². The number of nitrogens with zero attached hydrogens (tertiary/aromatic N) is 3. The Kier molecular flexibility index (Phi) is 7.53. The Morgan fingerprint density at radius 2 is 1.82 bits per heavy atom. The van der Waals surface area contributed by atoms with Crippen molar-refractivity contribution in [2.75, 3.05) is 5.32 Å². The molecule has 0 aromatic carbocycles. The van der Waals surface area contributed by atoms with Gasteiger partial charge in [-0.15, -0.1) is 11.3 Å². The van der Waals surface area contributed by atoms with E-state index in [0.717, 1.165) is 49.3 Å². The highest BCUT2D eigenvalue weighted by atomic mass is 32.1. The number of nitrogens with one attached hydrogen (secondary N) is 2. The summed E-state index contributed by atoms with van der Waals surface area (Å²) in [5.41, 5.74) is -0.939. The first kappa shape index (κ1) is 27.7. The zero-order valence-electron chi connectivity index (χ0n) is 21.0. The van der Waals surface area contributed by atoms with Gasteiger partial charge in [0.25, 0.3) is 18.2 Å². The number of hydrogen-bond acceptors (Lipinski definition) is 7. The molecule has 212 valence electrons. The first-order valence-corrected chi connectivity index (χ1v) is 13.7. The van der Waals surface area contributed by atoms with Crippen molar-refractivity contribution in [2.45, 2.75) is 94.7 Å². The predicted octanol–water partition coefficient (Wildman–Crippen LogP) is 4.92. The van der Waals surface area contributed by atoms with Gasteiger partial charge in [-0.1, -0.05) is 6.92 Å². The number of aromatic nitrogens is 2. The van der Waals surface area contributed by atoms with Crippen molar-refractivity contribution in [3.05, 3.63) is 28.5 Å². The highest BCUT2D eigenvalue weighted by Gasteiger charge is 2.44.